The van der Waals surface area contributed by atoms with E-state index >= 15 is 0 Å². The Kier molecular flexibility index (Phi) is 4.93. The summed E-state index contributed by atoms with van der Waals surface area (Å²) in [4.78, 5) is 27.5. The molecule has 1 aliphatic rings. The summed E-state index contributed by atoms with van der Waals surface area (Å²) in [6.07, 6.45) is 0. The zero-order chi connectivity index (χ0) is 15.4. The van der Waals surface area contributed by atoms with Crippen molar-refractivity contribution in [3.8, 4) is 0 Å². The van der Waals surface area contributed by atoms with Gasteiger partial charge in [0.1, 0.15) is 6.04 Å². The number of hydrogen-bond acceptors (Lipinski definition) is 4. The molecule has 1 atom stereocenters. The highest BCUT2D eigenvalue weighted by atomic mass is 16.2. The van der Waals surface area contributed by atoms with Gasteiger partial charge in [-0.1, -0.05) is 18.2 Å². The van der Waals surface area contributed by atoms with Crippen LogP contribution < -0.4 is 11.1 Å². The van der Waals surface area contributed by atoms with Crippen LogP contribution in [-0.4, -0.2) is 61.4 Å². The van der Waals surface area contributed by atoms with Gasteiger partial charge in [0, 0.05) is 45.8 Å². The van der Waals surface area contributed by atoms with Gasteiger partial charge >= 0.3 is 0 Å². The van der Waals surface area contributed by atoms with Crippen molar-refractivity contribution >= 4 is 11.8 Å². The summed E-state index contributed by atoms with van der Waals surface area (Å²) in [7, 11) is 3.51. The number of carbonyl (C=O) groups excluding carboxylic acids is 2. The van der Waals surface area contributed by atoms with Gasteiger partial charge < -0.3 is 16.0 Å². The van der Waals surface area contributed by atoms with Gasteiger partial charge in [0.15, 0.2) is 0 Å². The molecular formula is C15H22N4O2. The monoisotopic (exact) mass is 290 g/mol. The Morgan fingerprint density at radius 1 is 1.38 bits per heavy atom. The van der Waals surface area contributed by atoms with Crippen LogP contribution in [0, 0.1) is 0 Å². The summed E-state index contributed by atoms with van der Waals surface area (Å²) in [5.74, 6) is -0.366. The number of benzene rings is 1. The average molecular weight is 290 g/mol. The third-order valence-electron chi connectivity index (χ3n) is 3.74. The largest absolute Gasteiger partial charge is 0.366 e. The summed E-state index contributed by atoms with van der Waals surface area (Å²) < 4.78 is 0. The molecule has 0 spiro atoms. The molecule has 2 rings (SSSR count). The number of piperazine rings is 1. The van der Waals surface area contributed by atoms with E-state index in [9.17, 15) is 9.59 Å². The van der Waals surface area contributed by atoms with Crippen molar-refractivity contribution in [2.45, 2.75) is 12.6 Å². The second-order valence-corrected chi connectivity index (χ2v) is 5.44. The Balaban J connectivity index is 2.20. The molecule has 114 valence electrons. The molecule has 1 aromatic rings. The number of nitrogens with one attached hydrogen (secondary N) is 1. The summed E-state index contributed by atoms with van der Waals surface area (Å²) in [5, 5.41) is 3.24. The van der Waals surface area contributed by atoms with Gasteiger partial charge in [-0.2, -0.15) is 0 Å². The van der Waals surface area contributed by atoms with Crippen molar-refractivity contribution in [1.29, 1.82) is 0 Å². The lowest BCUT2D eigenvalue weighted by Crippen LogP contribution is -2.57. The Morgan fingerprint density at radius 2 is 2.10 bits per heavy atom. The molecule has 0 bridgehead atoms. The lowest BCUT2D eigenvalue weighted by molar-refractivity contribution is -0.135. The number of nitrogens with two attached hydrogens (primary N) is 1. The van der Waals surface area contributed by atoms with Crippen molar-refractivity contribution in [2.75, 3.05) is 33.7 Å². The highest BCUT2D eigenvalue weighted by Gasteiger charge is 2.30. The first kappa shape index (κ1) is 15.5. The second-order valence-electron chi connectivity index (χ2n) is 5.44. The molecule has 1 heterocycles. The van der Waals surface area contributed by atoms with Crippen LogP contribution in [0.15, 0.2) is 24.3 Å². The molecule has 1 fully saturated rings. The highest BCUT2D eigenvalue weighted by Crippen LogP contribution is 2.15. The Labute approximate surface area is 124 Å². The van der Waals surface area contributed by atoms with Crippen LogP contribution in [0.3, 0.4) is 0 Å². The number of nitrogens with zero attached hydrogens (tertiary/aromatic N) is 2. The minimum Gasteiger partial charge on any atom is -0.366 e. The Morgan fingerprint density at radius 3 is 2.76 bits per heavy atom. The van der Waals surface area contributed by atoms with Gasteiger partial charge in [-0.3, -0.25) is 14.5 Å². The molecule has 6 nitrogen and oxygen atoms in total. The molecule has 2 amide bonds. The van der Waals surface area contributed by atoms with E-state index in [0.29, 0.717) is 18.7 Å². The predicted octanol–water partition coefficient (Wildman–Crippen LogP) is -0.352. The number of primary amides is 1. The number of likely N-dealkylation sites (N-methyl/N-ethyl adjacent to an activating group) is 1. The van der Waals surface area contributed by atoms with Crippen molar-refractivity contribution in [3.05, 3.63) is 35.4 Å². The van der Waals surface area contributed by atoms with Gasteiger partial charge in [0.05, 0.1) is 0 Å². The summed E-state index contributed by atoms with van der Waals surface area (Å²) >= 11 is 0. The van der Waals surface area contributed by atoms with E-state index in [2.05, 4.69) is 10.2 Å². The molecule has 0 aromatic heterocycles. The predicted molar refractivity (Wildman–Crippen MR) is 80.7 cm³/mol. The molecule has 1 unspecified atom stereocenters. The molecule has 6 heteroatoms. The van der Waals surface area contributed by atoms with E-state index in [1.54, 1.807) is 31.1 Å². The molecular weight excluding hydrogens is 268 g/mol. The van der Waals surface area contributed by atoms with Crippen LogP contribution in [-0.2, 0) is 11.3 Å². The quantitative estimate of drug-likeness (QED) is 0.794. The van der Waals surface area contributed by atoms with Crippen molar-refractivity contribution < 1.29 is 9.59 Å². The Hall–Kier alpha value is -1.92. The van der Waals surface area contributed by atoms with Crippen molar-refractivity contribution in [1.82, 2.24) is 15.1 Å². The van der Waals surface area contributed by atoms with Gasteiger partial charge in [-0.05, 0) is 11.6 Å². The van der Waals surface area contributed by atoms with Gasteiger partial charge in [-0.25, -0.2) is 0 Å². The number of carbonyl (C=O) groups is 2. The van der Waals surface area contributed by atoms with Crippen LogP contribution in [0.2, 0.25) is 0 Å². The second kappa shape index (κ2) is 6.69. The SMILES string of the molecule is CN(C)C(=O)C1CNCCN1Cc1ccccc1C(N)=O. The smallest absolute Gasteiger partial charge is 0.249 e. The van der Waals surface area contributed by atoms with E-state index in [4.69, 9.17) is 5.73 Å². The summed E-state index contributed by atoms with van der Waals surface area (Å²) in [5.41, 5.74) is 6.80. The first-order chi connectivity index (χ1) is 10.0. The fourth-order valence-corrected chi connectivity index (χ4v) is 2.59. The molecule has 3 N–H and O–H groups in total. The fourth-order valence-electron chi connectivity index (χ4n) is 2.59. The Bertz CT molecular complexity index is 530. The summed E-state index contributed by atoms with van der Waals surface area (Å²) in [6.45, 7) is 2.76. The van der Waals surface area contributed by atoms with E-state index in [1.807, 2.05) is 12.1 Å². The van der Waals surface area contributed by atoms with Crippen LogP contribution in [0.25, 0.3) is 0 Å². The zero-order valence-corrected chi connectivity index (χ0v) is 12.5. The third kappa shape index (κ3) is 3.59. The maximum atomic E-state index is 12.3. The van der Waals surface area contributed by atoms with Crippen molar-refractivity contribution in [3.63, 3.8) is 0 Å². The maximum absolute atomic E-state index is 12.3. The average Bonchev–Trinajstić information content (AvgIpc) is 2.47. The zero-order valence-electron chi connectivity index (χ0n) is 12.5. The molecule has 0 saturated carbocycles. The minimum atomic E-state index is -0.434. The van der Waals surface area contributed by atoms with Crippen LogP contribution in [0.5, 0.6) is 0 Å². The third-order valence-corrected chi connectivity index (χ3v) is 3.74. The van der Waals surface area contributed by atoms with Crippen LogP contribution >= 0.6 is 0 Å². The summed E-state index contributed by atoms with van der Waals surface area (Å²) in [6, 6.07) is 7.08. The normalized spacial score (nSPS) is 19.2. The molecule has 0 radical (unpaired) electrons. The van der Waals surface area contributed by atoms with E-state index in [0.717, 1.165) is 18.7 Å². The molecule has 0 aliphatic carbocycles. The van der Waals surface area contributed by atoms with Crippen LogP contribution in [0.4, 0.5) is 0 Å². The molecule has 1 aliphatic heterocycles. The van der Waals surface area contributed by atoms with E-state index in [1.165, 1.54) is 0 Å². The topological polar surface area (TPSA) is 78.7 Å². The first-order valence-corrected chi connectivity index (χ1v) is 7.04. The van der Waals surface area contributed by atoms with Crippen molar-refractivity contribution in [2.24, 2.45) is 5.73 Å². The minimum absolute atomic E-state index is 0.0683. The number of rotatable bonds is 4. The highest BCUT2D eigenvalue weighted by molar-refractivity contribution is 5.94. The van der Waals surface area contributed by atoms with E-state index in [-0.39, 0.29) is 11.9 Å². The molecule has 21 heavy (non-hydrogen) atoms. The first-order valence-electron chi connectivity index (χ1n) is 7.04. The number of hydrogen-bond donors (Lipinski definition) is 2. The molecule has 1 saturated heterocycles. The standard InChI is InChI=1S/C15H22N4O2/c1-18(2)15(21)13-9-17-7-8-19(13)10-11-5-3-4-6-12(11)14(16)20/h3-6,13,17H,7-10H2,1-2H3,(H2,16,20). The number of amides is 2. The van der Waals surface area contributed by atoms with E-state index < -0.39 is 5.91 Å². The lowest BCUT2D eigenvalue weighted by Gasteiger charge is -2.36. The molecule has 1 aromatic carbocycles. The van der Waals surface area contributed by atoms with Gasteiger partial charge in [0.25, 0.3) is 0 Å². The lowest BCUT2D eigenvalue weighted by atomic mass is 10.0. The maximum Gasteiger partial charge on any atom is 0.249 e. The van der Waals surface area contributed by atoms with Gasteiger partial charge in [-0.15, -0.1) is 0 Å². The fraction of sp³-hybridized carbons (Fsp3) is 0.467. The van der Waals surface area contributed by atoms with Gasteiger partial charge in [0.2, 0.25) is 11.8 Å². The van der Waals surface area contributed by atoms with Crippen LogP contribution in [0.1, 0.15) is 15.9 Å².